The average molecular weight is 265 g/mol. The molecule has 1 aromatic rings. The van der Waals surface area contributed by atoms with E-state index in [4.69, 9.17) is 18.0 Å². The van der Waals surface area contributed by atoms with Crippen LogP contribution in [0, 0.1) is 0 Å². The van der Waals surface area contributed by atoms with Crippen molar-refractivity contribution in [1.82, 2.24) is 14.9 Å². The van der Waals surface area contributed by atoms with Crippen molar-refractivity contribution in [1.29, 1.82) is 0 Å². The number of hydrogen-bond donors (Lipinski definition) is 2. The van der Waals surface area contributed by atoms with E-state index in [2.05, 4.69) is 34.3 Å². The second kappa shape index (κ2) is 5.16. The number of anilines is 1. The zero-order valence-corrected chi connectivity index (χ0v) is 11.6. The molecule has 18 heavy (non-hydrogen) atoms. The summed E-state index contributed by atoms with van der Waals surface area (Å²) in [5.41, 5.74) is 6.40. The van der Waals surface area contributed by atoms with Gasteiger partial charge in [0, 0.05) is 18.3 Å². The third kappa shape index (κ3) is 2.59. The molecule has 0 aromatic carbocycles. The van der Waals surface area contributed by atoms with E-state index in [1.54, 1.807) is 12.3 Å². The predicted molar refractivity (Wildman–Crippen MR) is 76.7 cm³/mol. The van der Waals surface area contributed by atoms with E-state index < -0.39 is 0 Å². The lowest BCUT2D eigenvalue weighted by atomic mass is 9.75. The molecule has 1 aromatic heterocycles. The minimum absolute atomic E-state index is 0.239. The van der Waals surface area contributed by atoms with Crippen LogP contribution in [-0.4, -0.2) is 46.0 Å². The summed E-state index contributed by atoms with van der Waals surface area (Å²) in [7, 11) is 4.24. The first-order chi connectivity index (χ1) is 8.53. The molecule has 0 unspecified atom stereocenters. The zero-order valence-electron chi connectivity index (χ0n) is 10.8. The van der Waals surface area contributed by atoms with Gasteiger partial charge in [-0.3, -0.25) is 0 Å². The largest absolute Gasteiger partial charge is 0.388 e. The Morgan fingerprint density at radius 1 is 1.56 bits per heavy atom. The first kappa shape index (κ1) is 13.2. The summed E-state index contributed by atoms with van der Waals surface area (Å²) >= 11 is 4.91. The highest BCUT2D eigenvalue weighted by Gasteiger charge is 2.38. The fourth-order valence-electron chi connectivity index (χ4n) is 2.19. The van der Waals surface area contributed by atoms with E-state index in [0.29, 0.717) is 16.6 Å². The molecule has 1 aliphatic carbocycles. The van der Waals surface area contributed by atoms with E-state index in [0.717, 1.165) is 6.54 Å². The van der Waals surface area contributed by atoms with Crippen molar-refractivity contribution >= 4 is 23.2 Å². The van der Waals surface area contributed by atoms with Gasteiger partial charge in [-0.2, -0.15) is 0 Å². The fourth-order valence-corrected chi connectivity index (χ4v) is 2.31. The summed E-state index contributed by atoms with van der Waals surface area (Å²) in [5, 5.41) is 3.28. The number of likely N-dealkylation sites (N-methyl/N-ethyl adjacent to an activating group) is 1. The van der Waals surface area contributed by atoms with Gasteiger partial charge in [0.25, 0.3) is 0 Å². The van der Waals surface area contributed by atoms with Crippen LogP contribution >= 0.6 is 12.2 Å². The van der Waals surface area contributed by atoms with Crippen LogP contribution < -0.4 is 11.1 Å². The van der Waals surface area contributed by atoms with Crippen molar-refractivity contribution in [2.24, 2.45) is 5.73 Å². The molecule has 0 amide bonds. The summed E-state index contributed by atoms with van der Waals surface area (Å²) in [6.45, 7) is 0.848. The topological polar surface area (TPSA) is 67.1 Å². The van der Waals surface area contributed by atoms with E-state index in [9.17, 15) is 0 Å². The summed E-state index contributed by atoms with van der Waals surface area (Å²) in [4.78, 5) is 11.0. The zero-order chi connectivity index (χ0) is 13.2. The average Bonchev–Trinajstić information content (AvgIpc) is 2.27. The SMILES string of the molecule is CN(C)C1(CNc2nccc(C(N)=S)n2)CCC1. The first-order valence-electron chi connectivity index (χ1n) is 6.08. The minimum Gasteiger partial charge on any atom is -0.388 e. The van der Waals surface area contributed by atoms with Gasteiger partial charge in [-0.05, 0) is 39.4 Å². The molecule has 0 spiro atoms. The number of nitrogens with zero attached hydrogens (tertiary/aromatic N) is 3. The van der Waals surface area contributed by atoms with Gasteiger partial charge in [0.15, 0.2) is 0 Å². The Morgan fingerprint density at radius 2 is 2.28 bits per heavy atom. The highest BCUT2D eigenvalue weighted by Crippen LogP contribution is 2.35. The number of thiocarbonyl (C=S) groups is 1. The molecule has 6 heteroatoms. The van der Waals surface area contributed by atoms with Crippen LogP contribution in [0.4, 0.5) is 5.95 Å². The highest BCUT2D eigenvalue weighted by atomic mass is 32.1. The second-order valence-electron chi connectivity index (χ2n) is 4.96. The molecule has 3 N–H and O–H groups in total. The van der Waals surface area contributed by atoms with E-state index in [1.165, 1.54) is 19.3 Å². The quantitative estimate of drug-likeness (QED) is 0.775. The first-order valence-corrected chi connectivity index (χ1v) is 6.48. The predicted octanol–water partition coefficient (Wildman–Crippen LogP) is 1.01. The summed E-state index contributed by atoms with van der Waals surface area (Å²) in [6, 6.07) is 1.72. The Hall–Kier alpha value is -1.27. The van der Waals surface area contributed by atoms with Crippen molar-refractivity contribution in [3.8, 4) is 0 Å². The van der Waals surface area contributed by atoms with Crippen molar-refractivity contribution in [3.05, 3.63) is 18.0 Å². The Balaban J connectivity index is 2.02. The highest BCUT2D eigenvalue weighted by molar-refractivity contribution is 7.80. The Labute approximate surface area is 113 Å². The maximum Gasteiger partial charge on any atom is 0.223 e. The van der Waals surface area contributed by atoms with Crippen LogP contribution in [0.5, 0.6) is 0 Å². The summed E-state index contributed by atoms with van der Waals surface area (Å²) in [6.07, 6.45) is 5.38. The molecular weight excluding hydrogens is 246 g/mol. The minimum atomic E-state index is 0.239. The molecule has 1 heterocycles. The van der Waals surface area contributed by atoms with Gasteiger partial charge in [0.05, 0.1) is 0 Å². The maximum absolute atomic E-state index is 5.56. The molecule has 0 saturated heterocycles. The molecule has 0 radical (unpaired) electrons. The van der Waals surface area contributed by atoms with Gasteiger partial charge in [0.1, 0.15) is 10.7 Å². The van der Waals surface area contributed by atoms with Crippen LogP contribution in [-0.2, 0) is 0 Å². The van der Waals surface area contributed by atoms with Gasteiger partial charge in [-0.1, -0.05) is 12.2 Å². The van der Waals surface area contributed by atoms with E-state index in [1.807, 2.05) is 0 Å². The third-order valence-electron chi connectivity index (χ3n) is 3.72. The molecule has 5 nitrogen and oxygen atoms in total. The van der Waals surface area contributed by atoms with Crippen LogP contribution in [0.1, 0.15) is 25.0 Å². The second-order valence-corrected chi connectivity index (χ2v) is 5.40. The number of hydrogen-bond acceptors (Lipinski definition) is 5. The summed E-state index contributed by atoms with van der Waals surface area (Å²) in [5.74, 6) is 0.591. The lowest BCUT2D eigenvalue weighted by molar-refractivity contribution is 0.0737. The van der Waals surface area contributed by atoms with Crippen LogP contribution in [0.3, 0.4) is 0 Å². The van der Waals surface area contributed by atoms with E-state index in [-0.39, 0.29) is 5.54 Å². The number of nitrogens with one attached hydrogen (secondary N) is 1. The van der Waals surface area contributed by atoms with Gasteiger partial charge in [0.2, 0.25) is 5.95 Å². The van der Waals surface area contributed by atoms with Crippen molar-refractivity contribution in [2.75, 3.05) is 26.0 Å². The molecule has 98 valence electrons. The van der Waals surface area contributed by atoms with Gasteiger partial charge < -0.3 is 16.0 Å². The number of nitrogens with two attached hydrogens (primary N) is 1. The lowest BCUT2D eigenvalue weighted by Gasteiger charge is -2.47. The van der Waals surface area contributed by atoms with Gasteiger partial charge in [-0.15, -0.1) is 0 Å². The fraction of sp³-hybridized carbons (Fsp3) is 0.583. The van der Waals surface area contributed by atoms with Crippen LogP contribution in [0.2, 0.25) is 0 Å². The Bertz CT molecular complexity index is 442. The lowest BCUT2D eigenvalue weighted by Crippen LogP contribution is -2.54. The van der Waals surface area contributed by atoms with Gasteiger partial charge >= 0.3 is 0 Å². The third-order valence-corrected chi connectivity index (χ3v) is 3.93. The van der Waals surface area contributed by atoms with Crippen molar-refractivity contribution in [2.45, 2.75) is 24.8 Å². The molecule has 1 fully saturated rings. The molecule has 0 atom stereocenters. The van der Waals surface area contributed by atoms with Crippen LogP contribution in [0.25, 0.3) is 0 Å². The molecule has 1 saturated carbocycles. The molecule has 0 aliphatic heterocycles. The van der Waals surface area contributed by atoms with Crippen LogP contribution in [0.15, 0.2) is 12.3 Å². The smallest absolute Gasteiger partial charge is 0.223 e. The number of rotatable bonds is 5. The molecule has 2 rings (SSSR count). The van der Waals surface area contributed by atoms with E-state index >= 15 is 0 Å². The molecule has 0 bridgehead atoms. The molecular formula is C12H19N5S. The Kier molecular flexibility index (Phi) is 3.77. The maximum atomic E-state index is 5.56. The monoisotopic (exact) mass is 265 g/mol. The van der Waals surface area contributed by atoms with Gasteiger partial charge in [-0.25, -0.2) is 9.97 Å². The Morgan fingerprint density at radius 3 is 2.78 bits per heavy atom. The normalized spacial score (nSPS) is 17.3. The van der Waals surface area contributed by atoms with Crippen molar-refractivity contribution < 1.29 is 0 Å². The molecule has 1 aliphatic rings. The standard InChI is InChI=1S/C12H19N5S/c1-17(2)12(5-3-6-12)8-15-11-14-7-4-9(16-11)10(13)18/h4,7H,3,5-6,8H2,1-2H3,(H2,13,18)(H,14,15,16). The van der Waals surface area contributed by atoms with Crippen molar-refractivity contribution in [3.63, 3.8) is 0 Å². The number of aromatic nitrogens is 2. The summed E-state index contributed by atoms with van der Waals surface area (Å²) < 4.78 is 0.